The fourth-order valence-electron chi connectivity index (χ4n) is 0.776. The van der Waals surface area contributed by atoms with Crippen LogP contribution in [0.25, 0.3) is 0 Å². The molecule has 0 unspecified atom stereocenters. The van der Waals surface area contributed by atoms with Crippen LogP contribution in [-0.4, -0.2) is 18.2 Å². The van der Waals surface area contributed by atoms with Crippen molar-refractivity contribution in [2.24, 2.45) is 0 Å². The Morgan fingerprint density at radius 2 is 2.27 bits per heavy atom. The number of amides is 1. The molecule has 0 saturated heterocycles. The van der Waals surface area contributed by atoms with Crippen molar-refractivity contribution < 1.29 is 4.79 Å². The molecule has 0 spiro atoms. The molecule has 3 heteroatoms. The smallest absolute Gasteiger partial charge is 0.252 e. The largest absolute Gasteiger partial charge is 0.349 e. The minimum absolute atomic E-state index is 0.120. The SMILES string of the molecule is C/C=C(\C=N)C(=O)NC1CC1. The summed E-state index contributed by atoms with van der Waals surface area (Å²) in [5.41, 5.74) is 0.442. The fourth-order valence-corrected chi connectivity index (χ4v) is 0.776. The lowest BCUT2D eigenvalue weighted by atomic mass is 10.2. The number of carbonyl (C=O) groups is 1. The van der Waals surface area contributed by atoms with E-state index < -0.39 is 0 Å². The van der Waals surface area contributed by atoms with E-state index in [0.717, 1.165) is 19.1 Å². The predicted octanol–water partition coefficient (Wildman–Crippen LogP) is 0.861. The molecule has 60 valence electrons. The van der Waals surface area contributed by atoms with Gasteiger partial charge in [-0.3, -0.25) is 4.79 Å². The van der Waals surface area contributed by atoms with Gasteiger partial charge in [0.15, 0.2) is 0 Å². The van der Waals surface area contributed by atoms with Crippen LogP contribution in [0.15, 0.2) is 11.6 Å². The number of nitrogens with one attached hydrogen (secondary N) is 2. The molecule has 0 aromatic heterocycles. The summed E-state index contributed by atoms with van der Waals surface area (Å²) >= 11 is 0. The highest BCUT2D eigenvalue weighted by molar-refractivity contribution is 6.11. The van der Waals surface area contributed by atoms with Gasteiger partial charge in [-0.1, -0.05) is 6.08 Å². The van der Waals surface area contributed by atoms with Crippen LogP contribution in [0.1, 0.15) is 19.8 Å². The monoisotopic (exact) mass is 152 g/mol. The van der Waals surface area contributed by atoms with Crippen LogP contribution in [0.4, 0.5) is 0 Å². The molecule has 2 N–H and O–H groups in total. The van der Waals surface area contributed by atoms with Gasteiger partial charge in [-0.2, -0.15) is 0 Å². The summed E-state index contributed by atoms with van der Waals surface area (Å²) < 4.78 is 0. The van der Waals surface area contributed by atoms with Crippen molar-refractivity contribution in [1.82, 2.24) is 5.32 Å². The second kappa shape index (κ2) is 3.32. The third-order valence-corrected chi connectivity index (χ3v) is 1.64. The first-order chi connectivity index (χ1) is 5.27. The summed E-state index contributed by atoms with van der Waals surface area (Å²) in [6.45, 7) is 1.76. The van der Waals surface area contributed by atoms with Crippen LogP contribution in [0.5, 0.6) is 0 Å². The minimum Gasteiger partial charge on any atom is -0.349 e. The molecule has 0 heterocycles. The second-order valence-corrected chi connectivity index (χ2v) is 2.64. The maximum atomic E-state index is 11.1. The Kier molecular flexibility index (Phi) is 2.41. The Morgan fingerprint density at radius 3 is 2.64 bits per heavy atom. The fraction of sp³-hybridized carbons (Fsp3) is 0.500. The predicted molar refractivity (Wildman–Crippen MR) is 43.7 cm³/mol. The van der Waals surface area contributed by atoms with Gasteiger partial charge in [0, 0.05) is 12.3 Å². The summed E-state index contributed by atoms with van der Waals surface area (Å²) in [5.74, 6) is -0.120. The molecule has 1 amide bonds. The van der Waals surface area contributed by atoms with E-state index in [1.54, 1.807) is 13.0 Å². The van der Waals surface area contributed by atoms with Crippen molar-refractivity contribution in [3.8, 4) is 0 Å². The molecule has 1 saturated carbocycles. The van der Waals surface area contributed by atoms with E-state index in [4.69, 9.17) is 5.41 Å². The third-order valence-electron chi connectivity index (χ3n) is 1.64. The maximum Gasteiger partial charge on any atom is 0.252 e. The molecule has 0 aromatic rings. The van der Waals surface area contributed by atoms with Crippen LogP contribution >= 0.6 is 0 Å². The van der Waals surface area contributed by atoms with E-state index >= 15 is 0 Å². The van der Waals surface area contributed by atoms with Gasteiger partial charge >= 0.3 is 0 Å². The summed E-state index contributed by atoms with van der Waals surface area (Å²) in [4.78, 5) is 11.1. The Balaban J connectivity index is 2.43. The minimum atomic E-state index is -0.120. The Morgan fingerprint density at radius 1 is 1.64 bits per heavy atom. The van der Waals surface area contributed by atoms with Crippen molar-refractivity contribution in [2.45, 2.75) is 25.8 Å². The summed E-state index contributed by atoms with van der Waals surface area (Å²) in [6, 6.07) is 0.373. The van der Waals surface area contributed by atoms with Crippen LogP contribution in [0, 0.1) is 5.41 Å². The molecule has 1 aliphatic rings. The standard InChI is InChI=1S/C8H12N2O/c1-2-6(5-9)8(11)10-7-3-4-7/h2,5,7,9H,3-4H2,1H3,(H,10,11)/b6-2+,9-5?. The number of rotatable bonds is 3. The number of hydrogen-bond donors (Lipinski definition) is 2. The Labute approximate surface area is 66.0 Å². The molecule has 0 aromatic carbocycles. The quantitative estimate of drug-likeness (QED) is 0.457. The first-order valence-electron chi connectivity index (χ1n) is 3.75. The molecule has 11 heavy (non-hydrogen) atoms. The normalized spacial score (nSPS) is 17.7. The van der Waals surface area contributed by atoms with Gasteiger partial charge in [-0.25, -0.2) is 0 Å². The van der Waals surface area contributed by atoms with Gasteiger partial charge in [-0.05, 0) is 19.8 Å². The van der Waals surface area contributed by atoms with E-state index in [2.05, 4.69) is 5.32 Å². The lowest BCUT2D eigenvalue weighted by Gasteiger charge is -2.00. The van der Waals surface area contributed by atoms with E-state index in [9.17, 15) is 4.79 Å². The Bertz CT molecular complexity index is 204. The molecule has 1 aliphatic carbocycles. The van der Waals surface area contributed by atoms with Crippen molar-refractivity contribution in [3.63, 3.8) is 0 Å². The molecule has 1 fully saturated rings. The van der Waals surface area contributed by atoms with Crippen molar-refractivity contribution in [3.05, 3.63) is 11.6 Å². The zero-order chi connectivity index (χ0) is 8.27. The maximum absolute atomic E-state index is 11.1. The van der Waals surface area contributed by atoms with Crippen molar-refractivity contribution in [2.75, 3.05) is 0 Å². The van der Waals surface area contributed by atoms with E-state index in [0.29, 0.717) is 11.6 Å². The second-order valence-electron chi connectivity index (χ2n) is 2.64. The summed E-state index contributed by atoms with van der Waals surface area (Å²) in [7, 11) is 0. The molecule has 3 nitrogen and oxygen atoms in total. The molecule has 0 radical (unpaired) electrons. The lowest BCUT2D eigenvalue weighted by molar-refractivity contribution is -0.117. The molecule has 1 rings (SSSR count). The third kappa shape index (κ3) is 2.18. The van der Waals surface area contributed by atoms with Gasteiger partial charge < -0.3 is 10.7 Å². The average Bonchev–Trinajstić information content (AvgIpc) is 2.74. The average molecular weight is 152 g/mol. The van der Waals surface area contributed by atoms with Gasteiger partial charge in [0.25, 0.3) is 5.91 Å². The number of hydrogen-bond acceptors (Lipinski definition) is 2. The van der Waals surface area contributed by atoms with E-state index in [-0.39, 0.29) is 5.91 Å². The highest BCUT2D eigenvalue weighted by Gasteiger charge is 2.23. The van der Waals surface area contributed by atoms with Gasteiger partial charge in [0.2, 0.25) is 0 Å². The molecule has 0 atom stereocenters. The topological polar surface area (TPSA) is 53.0 Å². The summed E-state index contributed by atoms with van der Waals surface area (Å²) in [6.07, 6.45) is 4.89. The first-order valence-corrected chi connectivity index (χ1v) is 3.75. The van der Waals surface area contributed by atoms with Crippen LogP contribution in [0.3, 0.4) is 0 Å². The summed E-state index contributed by atoms with van der Waals surface area (Å²) in [5, 5.41) is 9.70. The zero-order valence-electron chi connectivity index (χ0n) is 6.55. The van der Waals surface area contributed by atoms with E-state index in [1.807, 2.05) is 0 Å². The van der Waals surface area contributed by atoms with Gasteiger partial charge in [-0.15, -0.1) is 0 Å². The Hall–Kier alpha value is -1.12. The van der Waals surface area contributed by atoms with Crippen LogP contribution < -0.4 is 5.32 Å². The van der Waals surface area contributed by atoms with Crippen molar-refractivity contribution >= 4 is 12.1 Å². The van der Waals surface area contributed by atoms with Crippen molar-refractivity contribution in [1.29, 1.82) is 5.41 Å². The van der Waals surface area contributed by atoms with E-state index in [1.165, 1.54) is 0 Å². The highest BCUT2D eigenvalue weighted by atomic mass is 16.1. The molecule has 0 aliphatic heterocycles. The number of allylic oxidation sites excluding steroid dienone is 1. The molecular weight excluding hydrogens is 140 g/mol. The van der Waals surface area contributed by atoms with Gasteiger partial charge in [0.1, 0.15) is 0 Å². The van der Waals surface area contributed by atoms with Crippen LogP contribution in [0.2, 0.25) is 0 Å². The number of carbonyl (C=O) groups excluding carboxylic acids is 1. The van der Waals surface area contributed by atoms with Crippen LogP contribution in [-0.2, 0) is 4.79 Å². The van der Waals surface area contributed by atoms with Gasteiger partial charge in [0.05, 0.1) is 5.57 Å². The first kappa shape index (κ1) is 7.98. The lowest BCUT2D eigenvalue weighted by Crippen LogP contribution is -2.27. The zero-order valence-corrected chi connectivity index (χ0v) is 6.55. The highest BCUT2D eigenvalue weighted by Crippen LogP contribution is 2.18. The molecule has 0 bridgehead atoms. The molecular formula is C8H12N2O.